The fraction of sp³-hybridized carbons (Fsp3) is 0.316. The first-order chi connectivity index (χ1) is 13.6. The molecule has 1 aromatic carbocycles. The normalized spacial score (nSPS) is 12.9. The van der Waals surface area contributed by atoms with Crippen LogP contribution in [-0.4, -0.2) is 39.6 Å². The Kier molecular flexibility index (Phi) is 5.36. The molecule has 154 valence electrons. The van der Waals surface area contributed by atoms with Crippen LogP contribution in [0.5, 0.6) is 5.75 Å². The summed E-state index contributed by atoms with van der Waals surface area (Å²) in [5.41, 5.74) is 0.877. The molecule has 1 unspecified atom stereocenters. The van der Waals surface area contributed by atoms with Crippen molar-refractivity contribution in [3.8, 4) is 5.75 Å². The number of benzene rings is 1. The molecule has 1 amide bonds. The highest BCUT2D eigenvalue weighted by Gasteiger charge is 2.33. The first kappa shape index (κ1) is 20.4. The van der Waals surface area contributed by atoms with Gasteiger partial charge >= 0.3 is 12.3 Å². The molecule has 0 saturated heterocycles. The lowest BCUT2D eigenvalue weighted by atomic mass is 10.1. The zero-order valence-corrected chi connectivity index (χ0v) is 15.6. The zero-order valence-electron chi connectivity index (χ0n) is 15.6. The minimum atomic E-state index is -4.55. The first-order valence-electron chi connectivity index (χ1n) is 8.64. The minimum Gasteiger partial charge on any atom is -0.491 e. The lowest BCUT2D eigenvalue weighted by Crippen LogP contribution is -2.41. The van der Waals surface area contributed by atoms with Gasteiger partial charge in [-0.25, -0.2) is 4.79 Å². The quantitative estimate of drug-likeness (QED) is 0.631. The van der Waals surface area contributed by atoms with Crippen LogP contribution in [0.2, 0.25) is 0 Å². The zero-order chi connectivity index (χ0) is 21.3. The molecule has 0 aliphatic rings. The molecule has 2 aromatic heterocycles. The molecule has 0 radical (unpaired) electrons. The molecule has 29 heavy (non-hydrogen) atoms. The predicted octanol–water partition coefficient (Wildman–Crippen LogP) is 3.36. The average molecular weight is 409 g/mol. The van der Waals surface area contributed by atoms with E-state index in [1.165, 1.54) is 10.6 Å². The minimum absolute atomic E-state index is 0.219. The number of aryl methyl sites for hydroxylation is 2. The number of halogens is 3. The van der Waals surface area contributed by atoms with Gasteiger partial charge in [0.2, 0.25) is 0 Å². The number of alkyl halides is 3. The van der Waals surface area contributed by atoms with Crippen LogP contribution in [0, 0.1) is 6.92 Å². The van der Waals surface area contributed by atoms with Gasteiger partial charge in [-0.3, -0.25) is 9.78 Å². The molecular weight excluding hydrogens is 391 g/mol. The number of carbonyl (C=O) groups is 1. The molecule has 0 saturated carbocycles. The Bertz CT molecular complexity index is 1140. The molecule has 0 aliphatic heterocycles. The summed E-state index contributed by atoms with van der Waals surface area (Å²) in [7, 11) is 1.58. The monoisotopic (exact) mass is 409 g/mol. The van der Waals surface area contributed by atoms with Crippen LogP contribution in [0.4, 0.5) is 18.0 Å². The molecule has 7 nitrogen and oxygen atoms in total. The molecule has 2 N–H and O–H groups in total. The van der Waals surface area contributed by atoms with E-state index in [2.05, 4.69) is 4.98 Å². The maximum Gasteiger partial charge on any atom is 0.405 e. The molecule has 0 fully saturated rings. The lowest BCUT2D eigenvalue weighted by Gasteiger charge is -2.19. The SMILES string of the molecule is Cc1nccc2c1c(=O)n(C)c1cc(OCC(CC(F)(F)F)NC(=O)O)ccc21. The number of hydrogen-bond donors (Lipinski definition) is 2. The second kappa shape index (κ2) is 7.61. The van der Waals surface area contributed by atoms with Crippen LogP contribution in [0.15, 0.2) is 35.3 Å². The van der Waals surface area contributed by atoms with Gasteiger partial charge in [-0.1, -0.05) is 0 Å². The van der Waals surface area contributed by atoms with Gasteiger partial charge in [0.05, 0.1) is 29.1 Å². The van der Waals surface area contributed by atoms with Crippen LogP contribution < -0.4 is 15.6 Å². The summed E-state index contributed by atoms with van der Waals surface area (Å²) in [6, 6.07) is 5.07. The highest BCUT2D eigenvalue weighted by atomic mass is 19.4. The maximum atomic E-state index is 12.7. The van der Waals surface area contributed by atoms with Crippen LogP contribution in [-0.2, 0) is 7.05 Å². The smallest absolute Gasteiger partial charge is 0.405 e. The van der Waals surface area contributed by atoms with Crippen LogP contribution >= 0.6 is 0 Å². The number of amides is 1. The topological polar surface area (TPSA) is 93.5 Å². The van der Waals surface area contributed by atoms with E-state index in [0.717, 1.165) is 5.39 Å². The van der Waals surface area contributed by atoms with Gasteiger partial charge in [0.25, 0.3) is 5.56 Å². The Balaban J connectivity index is 1.95. The number of ether oxygens (including phenoxy) is 1. The molecule has 0 spiro atoms. The molecule has 3 rings (SSSR count). The van der Waals surface area contributed by atoms with Gasteiger partial charge in [0.15, 0.2) is 0 Å². The van der Waals surface area contributed by atoms with E-state index in [1.54, 1.807) is 43.7 Å². The van der Waals surface area contributed by atoms with Crippen molar-refractivity contribution >= 4 is 27.8 Å². The lowest BCUT2D eigenvalue weighted by molar-refractivity contribution is -0.141. The highest BCUT2D eigenvalue weighted by molar-refractivity contribution is 6.06. The Labute approximate surface area is 162 Å². The number of fused-ring (bicyclic) bond motifs is 3. The molecule has 10 heteroatoms. The number of hydrogen-bond acceptors (Lipinski definition) is 4. The fourth-order valence-electron chi connectivity index (χ4n) is 3.25. The standard InChI is InChI=1S/C19H18F3N3O4/c1-10-16-14(5-6-23-10)13-4-3-12(7-15(13)25(2)17(16)26)29-9-11(24-18(27)28)8-19(20,21)22/h3-7,11,24H,8-9H2,1-2H3,(H,27,28). The van der Waals surface area contributed by atoms with E-state index in [0.29, 0.717) is 22.0 Å². The molecule has 1 atom stereocenters. The Morgan fingerprint density at radius 2 is 2.03 bits per heavy atom. The molecule has 0 aliphatic carbocycles. The summed E-state index contributed by atoms with van der Waals surface area (Å²) < 4.78 is 44.7. The Morgan fingerprint density at radius 1 is 1.31 bits per heavy atom. The van der Waals surface area contributed by atoms with Crippen LogP contribution in [0.1, 0.15) is 12.1 Å². The van der Waals surface area contributed by atoms with Crippen molar-refractivity contribution in [3.05, 3.63) is 46.5 Å². The van der Waals surface area contributed by atoms with Gasteiger partial charge in [-0.15, -0.1) is 0 Å². The van der Waals surface area contributed by atoms with E-state index in [1.807, 2.05) is 0 Å². The van der Waals surface area contributed by atoms with E-state index in [-0.39, 0.29) is 11.3 Å². The maximum absolute atomic E-state index is 12.7. The van der Waals surface area contributed by atoms with Crippen molar-refractivity contribution in [2.45, 2.75) is 25.6 Å². The summed E-state index contributed by atoms with van der Waals surface area (Å²) in [5.74, 6) is 0.219. The Morgan fingerprint density at radius 3 is 2.69 bits per heavy atom. The fourth-order valence-corrected chi connectivity index (χ4v) is 3.25. The van der Waals surface area contributed by atoms with Crippen molar-refractivity contribution < 1.29 is 27.8 Å². The Hall–Kier alpha value is -3.30. The van der Waals surface area contributed by atoms with Crippen molar-refractivity contribution in [1.82, 2.24) is 14.9 Å². The average Bonchev–Trinajstić information content (AvgIpc) is 2.62. The third-order valence-electron chi connectivity index (χ3n) is 4.54. The molecular formula is C19H18F3N3O4. The number of nitrogens with one attached hydrogen (secondary N) is 1. The molecule has 2 heterocycles. The van der Waals surface area contributed by atoms with E-state index in [9.17, 15) is 22.8 Å². The van der Waals surface area contributed by atoms with Gasteiger partial charge in [0.1, 0.15) is 12.4 Å². The van der Waals surface area contributed by atoms with E-state index in [4.69, 9.17) is 9.84 Å². The van der Waals surface area contributed by atoms with Gasteiger partial charge in [-0.2, -0.15) is 13.2 Å². The summed E-state index contributed by atoms with van der Waals surface area (Å²) in [6.07, 6.45) is -5.88. The van der Waals surface area contributed by atoms with Crippen molar-refractivity contribution in [2.24, 2.45) is 7.05 Å². The van der Waals surface area contributed by atoms with Crippen molar-refractivity contribution in [3.63, 3.8) is 0 Å². The second-order valence-electron chi connectivity index (χ2n) is 6.64. The number of nitrogens with zero attached hydrogens (tertiary/aromatic N) is 2. The third-order valence-corrected chi connectivity index (χ3v) is 4.54. The first-order valence-corrected chi connectivity index (χ1v) is 8.64. The number of pyridine rings is 2. The largest absolute Gasteiger partial charge is 0.491 e. The van der Waals surface area contributed by atoms with Crippen LogP contribution in [0.3, 0.4) is 0 Å². The predicted molar refractivity (Wildman–Crippen MR) is 100 cm³/mol. The van der Waals surface area contributed by atoms with Gasteiger partial charge in [0, 0.05) is 24.7 Å². The van der Waals surface area contributed by atoms with Gasteiger partial charge in [-0.05, 0) is 30.5 Å². The van der Waals surface area contributed by atoms with Crippen molar-refractivity contribution in [1.29, 1.82) is 0 Å². The number of aromatic nitrogens is 2. The van der Waals surface area contributed by atoms with E-state index >= 15 is 0 Å². The third kappa shape index (κ3) is 4.41. The summed E-state index contributed by atoms with van der Waals surface area (Å²) in [4.78, 5) is 27.6. The summed E-state index contributed by atoms with van der Waals surface area (Å²) in [5, 5.41) is 12.5. The molecule has 3 aromatic rings. The highest BCUT2D eigenvalue weighted by Crippen LogP contribution is 2.27. The number of carboxylic acid groups (broad SMARTS) is 1. The second-order valence-corrected chi connectivity index (χ2v) is 6.64. The van der Waals surface area contributed by atoms with Gasteiger partial charge < -0.3 is 19.7 Å². The number of rotatable bonds is 5. The van der Waals surface area contributed by atoms with E-state index < -0.39 is 31.3 Å². The van der Waals surface area contributed by atoms with Crippen molar-refractivity contribution in [2.75, 3.05) is 6.61 Å². The summed E-state index contributed by atoms with van der Waals surface area (Å²) in [6.45, 7) is 1.23. The molecule has 0 bridgehead atoms. The summed E-state index contributed by atoms with van der Waals surface area (Å²) >= 11 is 0. The van der Waals surface area contributed by atoms with Crippen LogP contribution in [0.25, 0.3) is 21.7 Å².